The third-order valence-electron chi connectivity index (χ3n) is 2.71. The van der Waals surface area contributed by atoms with Crippen LogP contribution in [-0.4, -0.2) is 10.8 Å². The minimum absolute atomic E-state index is 0.161. The van der Waals surface area contributed by atoms with Crippen LogP contribution in [0.25, 0.3) is 6.08 Å². The number of halogens is 1. The van der Waals surface area contributed by atoms with Gasteiger partial charge in [0, 0.05) is 22.8 Å². The predicted molar refractivity (Wildman–Crippen MR) is 76.6 cm³/mol. The lowest BCUT2D eigenvalue weighted by molar-refractivity contribution is 0.104. The third kappa shape index (κ3) is 3.42. The Kier molecular flexibility index (Phi) is 3.97. The fourth-order valence-electron chi connectivity index (χ4n) is 1.65. The Labute approximate surface area is 115 Å². The number of allylic oxidation sites excluding steroid dienone is 1. The first-order valence-electron chi connectivity index (χ1n) is 5.73. The van der Waals surface area contributed by atoms with E-state index < -0.39 is 0 Å². The number of ketones is 1. The van der Waals surface area contributed by atoms with Gasteiger partial charge < -0.3 is 4.98 Å². The summed E-state index contributed by atoms with van der Waals surface area (Å²) in [7, 11) is 0. The lowest BCUT2D eigenvalue weighted by atomic mass is 10.1. The van der Waals surface area contributed by atoms with Gasteiger partial charge in [-0.25, -0.2) is 0 Å². The van der Waals surface area contributed by atoms with Crippen LogP contribution in [0.5, 0.6) is 0 Å². The molecule has 3 nitrogen and oxygen atoms in total. The lowest BCUT2D eigenvalue weighted by Gasteiger charge is -2.00. The average molecular weight is 274 g/mol. The quantitative estimate of drug-likeness (QED) is 0.689. The molecule has 1 aromatic heterocycles. The maximum Gasteiger partial charge on any atom is 0.247 e. The Bertz CT molecular complexity index is 681. The molecular formula is C15H12ClNO2. The van der Waals surface area contributed by atoms with Gasteiger partial charge in [0.1, 0.15) is 0 Å². The van der Waals surface area contributed by atoms with Crippen LogP contribution in [0.15, 0.2) is 47.4 Å². The Morgan fingerprint density at radius 2 is 2.05 bits per heavy atom. The molecule has 19 heavy (non-hydrogen) atoms. The topological polar surface area (TPSA) is 49.9 Å². The smallest absolute Gasteiger partial charge is 0.247 e. The molecule has 0 fully saturated rings. The third-order valence-corrected chi connectivity index (χ3v) is 2.95. The maximum absolute atomic E-state index is 11.9. The second kappa shape index (κ2) is 5.67. The zero-order chi connectivity index (χ0) is 13.8. The van der Waals surface area contributed by atoms with Crippen molar-refractivity contribution in [3.05, 3.63) is 74.7 Å². The van der Waals surface area contributed by atoms with Gasteiger partial charge in [0.05, 0.1) is 0 Å². The largest absolute Gasteiger partial charge is 0.328 e. The van der Waals surface area contributed by atoms with Gasteiger partial charge in [0.2, 0.25) is 5.56 Å². The molecule has 1 heterocycles. The van der Waals surface area contributed by atoms with Crippen LogP contribution in [0.3, 0.4) is 0 Å². The number of carbonyl (C=O) groups is 1. The monoisotopic (exact) mass is 273 g/mol. The first-order valence-corrected chi connectivity index (χ1v) is 6.11. The number of aryl methyl sites for hydroxylation is 1. The summed E-state index contributed by atoms with van der Waals surface area (Å²) in [5, 5.41) is 0.668. The number of aromatic amines is 1. The number of carbonyl (C=O) groups excluding carboxylic acids is 1. The van der Waals surface area contributed by atoms with Crippen LogP contribution in [-0.2, 0) is 0 Å². The van der Waals surface area contributed by atoms with E-state index in [2.05, 4.69) is 4.98 Å². The van der Waals surface area contributed by atoms with Crippen LogP contribution < -0.4 is 5.56 Å². The molecule has 0 bridgehead atoms. The molecular weight excluding hydrogens is 262 g/mol. The summed E-state index contributed by atoms with van der Waals surface area (Å²) in [5.41, 5.74) is 2.15. The fraction of sp³-hybridized carbons (Fsp3) is 0.0667. The van der Waals surface area contributed by atoms with E-state index in [4.69, 9.17) is 11.6 Å². The number of pyridine rings is 1. The predicted octanol–water partition coefficient (Wildman–Crippen LogP) is 3.23. The molecule has 2 aromatic rings. The molecule has 0 radical (unpaired) electrons. The van der Waals surface area contributed by atoms with Gasteiger partial charge in [-0.05, 0) is 42.3 Å². The lowest BCUT2D eigenvalue weighted by Crippen LogP contribution is -2.05. The summed E-state index contributed by atoms with van der Waals surface area (Å²) in [5.74, 6) is -0.161. The first kappa shape index (κ1) is 13.3. The molecule has 0 unspecified atom stereocenters. The Morgan fingerprint density at radius 3 is 2.68 bits per heavy atom. The highest BCUT2D eigenvalue weighted by Gasteiger charge is 2.02. The minimum atomic E-state index is -0.228. The molecule has 0 spiro atoms. The summed E-state index contributed by atoms with van der Waals surface area (Å²) < 4.78 is 0. The summed E-state index contributed by atoms with van der Waals surface area (Å²) in [6.45, 7) is 1.93. The Morgan fingerprint density at radius 1 is 1.26 bits per heavy atom. The van der Waals surface area contributed by atoms with Crippen molar-refractivity contribution in [1.82, 2.24) is 4.98 Å². The van der Waals surface area contributed by atoms with Gasteiger partial charge in [-0.1, -0.05) is 23.7 Å². The van der Waals surface area contributed by atoms with E-state index in [1.54, 1.807) is 12.1 Å². The highest BCUT2D eigenvalue weighted by molar-refractivity contribution is 6.30. The minimum Gasteiger partial charge on any atom is -0.328 e. The highest BCUT2D eigenvalue weighted by atomic mass is 35.5. The standard InChI is InChI=1S/C15H12ClNO2/c1-10-8-13(16)5-2-11(10)3-6-14(18)12-4-7-15(19)17-9-12/h2-9H,1H3,(H,17,19). The van der Waals surface area contributed by atoms with Crippen LogP contribution in [0, 0.1) is 6.92 Å². The van der Waals surface area contributed by atoms with Crippen molar-refractivity contribution in [2.75, 3.05) is 0 Å². The number of aromatic nitrogens is 1. The van der Waals surface area contributed by atoms with Gasteiger partial charge in [-0.15, -0.1) is 0 Å². The van der Waals surface area contributed by atoms with E-state index in [0.29, 0.717) is 10.6 Å². The molecule has 0 aliphatic heterocycles. The van der Waals surface area contributed by atoms with Crippen molar-refractivity contribution >= 4 is 23.5 Å². The molecule has 0 saturated heterocycles. The zero-order valence-corrected chi connectivity index (χ0v) is 11.1. The summed E-state index contributed by atoms with van der Waals surface area (Å²) >= 11 is 5.87. The molecule has 0 aliphatic rings. The number of H-pyrrole nitrogens is 1. The molecule has 0 aliphatic carbocycles. The van der Waals surface area contributed by atoms with Crippen LogP contribution in [0.1, 0.15) is 21.5 Å². The van der Waals surface area contributed by atoms with Crippen molar-refractivity contribution in [2.24, 2.45) is 0 Å². The summed E-state index contributed by atoms with van der Waals surface area (Å²) in [6, 6.07) is 8.30. The van der Waals surface area contributed by atoms with Crippen LogP contribution >= 0.6 is 11.6 Å². The number of benzene rings is 1. The molecule has 1 N–H and O–H groups in total. The Balaban J connectivity index is 2.20. The van der Waals surface area contributed by atoms with E-state index in [1.807, 2.05) is 19.1 Å². The normalized spacial score (nSPS) is 10.8. The van der Waals surface area contributed by atoms with Gasteiger partial charge in [0.15, 0.2) is 5.78 Å². The number of hydrogen-bond donors (Lipinski definition) is 1. The molecule has 0 saturated carbocycles. The summed E-state index contributed by atoms with van der Waals surface area (Å²) in [4.78, 5) is 25.2. The first-order chi connectivity index (χ1) is 9.06. The second-order valence-corrected chi connectivity index (χ2v) is 4.58. The van der Waals surface area contributed by atoms with Gasteiger partial charge in [-0.2, -0.15) is 0 Å². The molecule has 1 aromatic carbocycles. The van der Waals surface area contributed by atoms with E-state index in [1.165, 1.54) is 24.4 Å². The summed E-state index contributed by atoms with van der Waals surface area (Å²) in [6.07, 6.45) is 4.62. The van der Waals surface area contributed by atoms with Crippen molar-refractivity contribution in [1.29, 1.82) is 0 Å². The number of rotatable bonds is 3. The molecule has 4 heteroatoms. The SMILES string of the molecule is Cc1cc(Cl)ccc1C=CC(=O)c1ccc(=O)[nH]c1. The van der Waals surface area contributed by atoms with Crippen molar-refractivity contribution in [3.8, 4) is 0 Å². The Hall–Kier alpha value is -2.13. The zero-order valence-electron chi connectivity index (χ0n) is 10.3. The van der Waals surface area contributed by atoms with Gasteiger partial charge >= 0.3 is 0 Å². The van der Waals surface area contributed by atoms with Crippen molar-refractivity contribution in [2.45, 2.75) is 6.92 Å². The van der Waals surface area contributed by atoms with Crippen LogP contribution in [0.4, 0.5) is 0 Å². The molecule has 96 valence electrons. The number of nitrogens with one attached hydrogen (secondary N) is 1. The number of hydrogen-bond acceptors (Lipinski definition) is 2. The molecule has 0 amide bonds. The van der Waals surface area contributed by atoms with E-state index in [0.717, 1.165) is 11.1 Å². The van der Waals surface area contributed by atoms with Crippen molar-refractivity contribution < 1.29 is 4.79 Å². The van der Waals surface area contributed by atoms with E-state index in [-0.39, 0.29) is 11.3 Å². The van der Waals surface area contributed by atoms with Crippen molar-refractivity contribution in [3.63, 3.8) is 0 Å². The highest BCUT2D eigenvalue weighted by Crippen LogP contribution is 2.16. The second-order valence-electron chi connectivity index (χ2n) is 4.14. The van der Waals surface area contributed by atoms with Crippen LogP contribution in [0.2, 0.25) is 5.02 Å². The van der Waals surface area contributed by atoms with Gasteiger partial charge in [-0.3, -0.25) is 9.59 Å². The maximum atomic E-state index is 11.9. The van der Waals surface area contributed by atoms with Gasteiger partial charge in [0.25, 0.3) is 0 Å². The van der Waals surface area contributed by atoms with E-state index >= 15 is 0 Å². The fourth-order valence-corrected chi connectivity index (χ4v) is 1.88. The molecule has 2 rings (SSSR count). The van der Waals surface area contributed by atoms with E-state index in [9.17, 15) is 9.59 Å². The molecule has 0 atom stereocenters. The average Bonchev–Trinajstić information content (AvgIpc) is 2.38.